The van der Waals surface area contributed by atoms with E-state index in [9.17, 15) is 9.18 Å². The van der Waals surface area contributed by atoms with Crippen molar-refractivity contribution >= 4 is 34.8 Å². The molecule has 0 unspecified atom stereocenters. The number of hydrogen-bond donors (Lipinski definition) is 4. The van der Waals surface area contributed by atoms with Gasteiger partial charge in [0.2, 0.25) is 5.91 Å². The first-order valence-corrected chi connectivity index (χ1v) is 9.75. The van der Waals surface area contributed by atoms with Crippen molar-refractivity contribution in [3.05, 3.63) is 34.6 Å². The molecule has 0 radical (unpaired) electrons. The first kappa shape index (κ1) is 20.9. The van der Waals surface area contributed by atoms with Crippen LogP contribution in [0.15, 0.2) is 18.2 Å². The van der Waals surface area contributed by atoms with E-state index in [1.807, 2.05) is 0 Å². The number of benzene rings is 1. The van der Waals surface area contributed by atoms with Gasteiger partial charge in [-0.2, -0.15) is 0 Å². The quantitative estimate of drug-likeness (QED) is 0.445. The molecular weight excluding hydrogens is 375 g/mol. The normalized spacial score (nSPS) is 19.9. The van der Waals surface area contributed by atoms with Crippen LogP contribution in [0.25, 0.3) is 0 Å². The van der Waals surface area contributed by atoms with Crippen LogP contribution < -0.4 is 21.1 Å². The van der Waals surface area contributed by atoms with Gasteiger partial charge in [-0.05, 0) is 36.3 Å². The number of carbonyl (C=O) groups excluding carboxylic acids is 1. The van der Waals surface area contributed by atoms with Gasteiger partial charge in [0.25, 0.3) is 0 Å². The standard InChI is InChI=1S/C18H26ClFN4OS/c1-12(2)10-21-18(26)23-22-17(25)13-5-7-24(8-6-13)11-14-3-4-15(20)9-16(14)19/h3-4,9,12-13H,5-8,10-11H2,1-2H3,(H,22,25)(H2,21,23,26)/p+1. The third kappa shape index (κ3) is 6.70. The molecule has 1 fully saturated rings. The molecule has 144 valence electrons. The minimum absolute atomic E-state index is 0.0251. The number of nitrogens with one attached hydrogen (secondary N) is 4. The summed E-state index contributed by atoms with van der Waals surface area (Å²) < 4.78 is 13.1. The second-order valence-electron chi connectivity index (χ2n) is 7.15. The molecule has 0 aromatic heterocycles. The number of amides is 1. The maximum Gasteiger partial charge on any atom is 0.241 e. The molecule has 0 atom stereocenters. The average Bonchev–Trinajstić information content (AvgIpc) is 2.61. The SMILES string of the molecule is CC(C)CNC(=S)NNC(=O)C1CC[NH+](Cc2ccc(F)cc2Cl)CC1. The van der Waals surface area contributed by atoms with Gasteiger partial charge in [0.1, 0.15) is 12.4 Å². The van der Waals surface area contributed by atoms with E-state index in [2.05, 4.69) is 30.0 Å². The molecule has 1 aromatic carbocycles. The van der Waals surface area contributed by atoms with Gasteiger partial charge in [-0.25, -0.2) is 4.39 Å². The number of rotatable bonds is 5. The first-order valence-electron chi connectivity index (χ1n) is 8.96. The third-order valence-electron chi connectivity index (χ3n) is 4.49. The monoisotopic (exact) mass is 401 g/mol. The van der Waals surface area contributed by atoms with E-state index in [0.29, 0.717) is 16.1 Å². The molecule has 1 amide bonds. The summed E-state index contributed by atoms with van der Waals surface area (Å²) in [5.41, 5.74) is 6.39. The molecule has 0 saturated carbocycles. The highest BCUT2D eigenvalue weighted by Gasteiger charge is 2.27. The van der Waals surface area contributed by atoms with Crippen LogP contribution in [0.4, 0.5) is 4.39 Å². The van der Waals surface area contributed by atoms with Crippen molar-refractivity contribution in [2.45, 2.75) is 33.2 Å². The van der Waals surface area contributed by atoms with Crippen molar-refractivity contribution in [2.75, 3.05) is 19.6 Å². The average molecular weight is 402 g/mol. The number of thiocarbonyl (C=S) groups is 1. The molecular formula is C18H27ClFN4OS+. The number of carbonyl (C=O) groups is 1. The molecule has 1 aliphatic heterocycles. The Bertz CT molecular complexity index is 636. The molecule has 1 heterocycles. The van der Waals surface area contributed by atoms with Crippen LogP contribution in [0.1, 0.15) is 32.3 Å². The Hall–Kier alpha value is -1.44. The molecule has 0 aliphatic carbocycles. The fourth-order valence-corrected chi connectivity index (χ4v) is 3.33. The molecule has 5 nitrogen and oxygen atoms in total. The van der Waals surface area contributed by atoms with Crippen molar-refractivity contribution in [3.63, 3.8) is 0 Å². The summed E-state index contributed by atoms with van der Waals surface area (Å²) in [6.45, 7) is 7.43. The number of piperidine rings is 1. The third-order valence-corrected chi connectivity index (χ3v) is 5.09. The highest BCUT2D eigenvalue weighted by atomic mass is 35.5. The Morgan fingerprint density at radius 3 is 2.65 bits per heavy atom. The summed E-state index contributed by atoms with van der Waals surface area (Å²) in [6.07, 6.45) is 1.60. The molecule has 4 N–H and O–H groups in total. The van der Waals surface area contributed by atoms with Gasteiger partial charge in [-0.1, -0.05) is 25.4 Å². The van der Waals surface area contributed by atoms with Gasteiger partial charge in [-0.3, -0.25) is 15.6 Å². The summed E-state index contributed by atoms with van der Waals surface area (Å²) >= 11 is 11.2. The maximum atomic E-state index is 13.1. The van der Waals surface area contributed by atoms with Crippen LogP contribution in [-0.2, 0) is 11.3 Å². The lowest BCUT2D eigenvalue weighted by Gasteiger charge is -2.29. The van der Waals surface area contributed by atoms with Gasteiger partial charge < -0.3 is 10.2 Å². The minimum atomic E-state index is -0.322. The van der Waals surface area contributed by atoms with Crippen LogP contribution in [0.2, 0.25) is 5.02 Å². The smallest absolute Gasteiger partial charge is 0.241 e. The van der Waals surface area contributed by atoms with E-state index in [0.717, 1.165) is 44.6 Å². The lowest BCUT2D eigenvalue weighted by atomic mass is 9.96. The highest BCUT2D eigenvalue weighted by Crippen LogP contribution is 2.17. The van der Waals surface area contributed by atoms with Crippen molar-refractivity contribution in [2.24, 2.45) is 11.8 Å². The summed E-state index contributed by atoms with van der Waals surface area (Å²) in [5.74, 6) is 0.102. The zero-order chi connectivity index (χ0) is 19.1. The zero-order valence-corrected chi connectivity index (χ0v) is 16.8. The van der Waals surface area contributed by atoms with Gasteiger partial charge in [0.15, 0.2) is 5.11 Å². The van der Waals surface area contributed by atoms with Crippen molar-refractivity contribution < 1.29 is 14.1 Å². The minimum Gasteiger partial charge on any atom is -0.361 e. The van der Waals surface area contributed by atoms with Gasteiger partial charge in [0, 0.05) is 24.9 Å². The fourth-order valence-electron chi connectivity index (χ4n) is 2.96. The molecule has 1 aromatic rings. The molecule has 26 heavy (non-hydrogen) atoms. The highest BCUT2D eigenvalue weighted by molar-refractivity contribution is 7.80. The molecule has 0 spiro atoms. The van der Waals surface area contributed by atoms with Crippen LogP contribution in [0.5, 0.6) is 0 Å². The van der Waals surface area contributed by atoms with E-state index < -0.39 is 0 Å². The number of hydrogen-bond acceptors (Lipinski definition) is 2. The predicted octanol–water partition coefficient (Wildman–Crippen LogP) is 1.43. The lowest BCUT2D eigenvalue weighted by Crippen LogP contribution is -3.11. The molecule has 0 bridgehead atoms. The molecule has 2 rings (SSSR count). The van der Waals surface area contributed by atoms with Crippen LogP contribution >= 0.6 is 23.8 Å². The van der Waals surface area contributed by atoms with Gasteiger partial charge in [-0.15, -0.1) is 0 Å². The van der Waals surface area contributed by atoms with Crippen molar-refractivity contribution in [3.8, 4) is 0 Å². The van der Waals surface area contributed by atoms with Crippen LogP contribution in [0, 0.1) is 17.7 Å². The summed E-state index contributed by atoms with van der Waals surface area (Å²) in [7, 11) is 0. The second kappa shape index (κ2) is 10.0. The fraction of sp³-hybridized carbons (Fsp3) is 0.556. The van der Waals surface area contributed by atoms with Crippen LogP contribution in [-0.4, -0.2) is 30.7 Å². The predicted molar refractivity (Wildman–Crippen MR) is 105 cm³/mol. The molecule has 1 saturated heterocycles. The maximum absolute atomic E-state index is 13.1. The zero-order valence-electron chi connectivity index (χ0n) is 15.2. The molecule has 1 aliphatic rings. The van der Waals surface area contributed by atoms with E-state index in [1.54, 1.807) is 6.07 Å². The first-order chi connectivity index (χ1) is 12.3. The van der Waals surface area contributed by atoms with Crippen molar-refractivity contribution in [1.29, 1.82) is 0 Å². The Morgan fingerprint density at radius 2 is 2.04 bits per heavy atom. The lowest BCUT2D eigenvalue weighted by molar-refractivity contribution is -0.919. The van der Waals surface area contributed by atoms with E-state index in [-0.39, 0.29) is 17.6 Å². The Kier molecular flexibility index (Phi) is 8.06. The van der Waals surface area contributed by atoms with E-state index in [4.69, 9.17) is 23.8 Å². The Balaban J connectivity index is 1.72. The number of hydrazine groups is 1. The number of halogens is 2. The van der Waals surface area contributed by atoms with E-state index in [1.165, 1.54) is 17.0 Å². The van der Waals surface area contributed by atoms with Crippen molar-refractivity contribution in [1.82, 2.24) is 16.2 Å². The summed E-state index contributed by atoms with van der Waals surface area (Å²) in [4.78, 5) is 13.6. The second-order valence-corrected chi connectivity index (χ2v) is 7.97. The summed E-state index contributed by atoms with van der Waals surface area (Å²) in [6, 6.07) is 4.51. The topological polar surface area (TPSA) is 57.6 Å². The number of likely N-dealkylation sites (tertiary alicyclic amines) is 1. The van der Waals surface area contributed by atoms with Crippen LogP contribution in [0.3, 0.4) is 0 Å². The summed E-state index contributed by atoms with van der Waals surface area (Å²) in [5, 5.41) is 3.94. The number of quaternary nitrogens is 1. The van der Waals surface area contributed by atoms with E-state index >= 15 is 0 Å². The largest absolute Gasteiger partial charge is 0.361 e. The van der Waals surface area contributed by atoms with Gasteiger partial charge >= 0.3 is 0 Å². The van der Waals surface area contributed by atoms with Gasteiger partial charge in [0.05, 0.1) is 24.0 Å². The Morgan fingerprint density at radius 1 is 1.35 bits per heavy atom. The molecule has 8 heteroatoms. The Labute approximate surface area is 164 Å².